The van der Waals surface area contributed by atoms with E-state index in [9.17, 15) is 4.79 Å². The monoisotopic (exact) mass is 311 g/mol. The van der Waals surface area contributed by atoms with Gasteiger partial charge in [-0.2, -0.15) is 0 Å². The highest BCUT2D eigenvalue weighted by atomic mass is 16.5. The van der Waals surface area contributed by atoms with Crippen molar-refractivity contribution in [3.8, 4) is 0 Å². The fraction of sp³-hybridized carbons (Fsp3) is 0.842. The molecule has 3 nitrogen and oxygen atoms in total. The molecule has 0 N–H and O–H groups in total. The average molecular weight is 312 g/mol. The Morgan fingerprint density at radius 3 is 2.05 bits per heavy atom. The van der Waals surface area contributed by atoms with Crippen LogP contribution in [0.1, 0.15) is 79.1 Å². The van der Waals surface area contributed by atoms with Gasteiger partial charge in [-0.3, -0.25) is 0 Å². The highest BCUT2D eigenvalue weighted by Gasteiger charge is 2.12. The third kappa shape index (κ3) is 9.99. The molecule has 0 spiro atoms. The van der Waals surface area contributed by atoms with Crippen LogP contribution in [0, 0.1) is 0 Å². The zero-order chi connectivity index (χ0) is 16.8. The molecule has 0 amide bonds. The summed E-state index contributed by atoms with van der Waals surface area (Å²) in [5, 5.41) is 0. The molecule has 0 saturated heterocycles. The smallest absolute Gasteiger partial charge is 0.333 e. The summed E-state index contributed by atoms with van der Waals surface area (Å²) >= 11 is 0. The summed E-state index contributed by atoms with van der Waals surface area (Å²) in [6.07, 6.45) is 9.90. The molecule has 0 rings (SSSR count). The van der Waals surface area contributed by atoms with Gasteiger partial charge in [-0.1, -0.05) is 59.5 Å². The predicted molar refractivity (Wildman–Crippen MR) is 95.1 cm³/mol. The second kappa shape index (κ2) is 13.8. The largest absolute Gasteiger partial charge is 0.462 e. The SMILES string of the molecule is C=C(C)C(=O)OCCCCCCCCC(CC)N(CC)CC. The van der Waals surface area contributed by atoms with Crippen LogP contribution in [0.15, 0.2) is 12.2 Å². The molecule has 0 aromatic heterocycles. The molecule has 0 heterocycles. The maximum atomic E-state index is 11.2. The van der Waals surface area contributed by atoms with Gasteiger partial charge in [-0.05, 0) is 39.3 Å². The lowest BCUT2D eigenvalue weighted by Gasteiger charge is -2.28. The fourth-order valence-electron chi connectivity index (χ4n) is 2.86. The molecule has 0 saturated carbocycles. The van der Waals surface area contributed by atoms with Crippen LogP contribution in [0.3, 0.4) is 0 Å². The Labute approximate surface area is 138 Å². The van der Waals surface area contributed by atoms with Crippen molar-refractivity contribution in [2.45, 2.75) is 85.1 Å². The molecule has 0 aliphatic carbocycles. The van der Waals surface area contributed by atoms with Gasteiger partial charge in [0.15, 0.2) is 0 Å². The van der Waals surface area contributed by atoms with Gasteiger partial charge in [0.25, 0.3) is 0 Å². The van der Waals surface area contributed by atoms with Crippen molar-refractivity contribution < 1.29 is 9.53 Å². The molecule has 0 aromatic carbocycles. The standard InChI is InChI=1S/C19H37NO2/c1-6-18(20(7-2)8-3)15-13-11-9-10-12-14-16-22-19(21)17(4)5/h18H,4,6-16H2,1-3,5H3. The van der Waals surface area contributed by atoms with Crippen LogP contribution in [0.4, 0.5) is 0 Å². The third-order valence-electron chi connectivity index (χ3n) is 4.31. The lowest BCUT2D eigenvalue weighted by atomic mass is 10.0. The van der Waals surface area contributed by atoms with Crippen LogP contribution < -0.4 is 0 Å². The molecule has 130 valence electrons. The van der Waals surface area contributed by atoms with Crippen molar-refractivity contribution in [1.29, 1.82) is 0 Å². The number of unbranched alkanes of at least 4 members (excludes halogenated alkanes) is 5. The van der Waals surface area contributed by atoms with Gasteiger partial charge in [0.05, 0.1) is 6.61 Å². The first-order valence-electron chi connectivity index (χ1n) is 9.13. The highest BCUT2D eigenvalue weighted by molar-refractivity contribution is 5.86. The molecule has 0 aliphatic heterocycles. The Kier molecular flexibility index (Phi) is 13.3. The average Bonchev–Trinajstić information content (AvgIpc) is 2.51. The first kappa shape index (κ1) is 21.2. The number of esters is 1. The third-order valence-corrected chi connectivity index (χ3v) is 4.31. The molecular weight excluding hydrogens is 274 g/mol. The highest BCUT2D eigenvalue weighted by Crippen LogP contribution is 2.14. The zero-order valence-corrected chi connectivity index (χ0v) is 15.3. The van der Waals surface area contributed by atoms with Crippen molar-refractivity contribution >= 4 is 5.97 Å². The molecule has 1 atom stereocenters. The van der Waals surface area contributed by atoms with Crippen molar-refractivity contribution in [3.63, 3.8) is 0 Å². The van der Waals surface area contributed by atoms with Gasteiger partial charge in [-0.25, -0.2) is 4.79 Å². The van der Waals surface area contributed by atoms with Crippen LogP contribution in [0.5, 0.6) is 0 Å². The maximum Gasteiger partial charge on any atom is 0.333 e. The summed E-state index contributed by atoms with van der Waals surface area (Å²) in [7, 11) is 0. The van der Waals surface area contributed by atoms with E-state index in [1.165, 1.54) is 38.5 Å². The first-order chi connectivity index (χ1) is 10.6. The Morgan fingerprint density at radius 2 is 1.55 bits per heavy atom. The van der Waals surface area contributed by atoms with Gasteiger partial charge >= 0.3 is 5.97 Å². The number of hydrogen-bond acceptors (Lipinski definition) is 3. The first-order valence-corrected chi connectivity index (χ1v) is 9.13. The Morgan fingerprint density at radius 1 is 1.00 bits per heavy atom. The van der Waals surface area contributed by atoms with Crippen molar-refractivity contribution in [2.75, 3.05) is 19.7 Å². The Balaban J connectivity index is 3.49. The second-order valence-corrected chi connectivity index (χ2v) is 6.11. The van der Waals surface area contributed by atoms with Crippen LogP contribution in [-0.4, -0.2) is 36.6 Å². The number of carbonyl (C=O) groups is 1. The molecule has 3 heteroatoms. The number of rotatable bonds is 14. The Hall–Kier alpha value is -0.830. The number of carbonyl (C=O) groups excluding carboxylic acids is 1. The molecular formula is C19H37NO2. The summed E-state index contributed by atoms with van der Waals surface area (Å²) < 4.78 is 5.08. The lowest BCUT2D eigenvalue weighted by Crippen LogP contribution is -2.34. The summed E-state index contributed by atoms with van der Waals surface area (Å²) in [5.41, 5.74) is 0.485. The fourth-order valence-corrected chi connectivity index (χ4v) is 2.86. The van der Waals surface area contributed by atoms with E-state index < -0.39 is 0 Å². The van der Waals surface area contributed by atoms with Gasteiger partial charge in [0.1, 0.15) is 0 Å². The second-order valence-electron chi connectivity index (χ2n) is 6.11. The van der Waals surface area contributed by atoms with E-state index in [1.54, 1.807) is 6.92 Å². The summed E-state index contributed by atoms with van der Waals surface area (Å²) in [6.45, 7) is 14.9. The van der Waals surface area contributed by atoms with Crippen molar-refractivity contribution in [2.24, 2.45) is 0 Å². The molecule has 0 aliphatic rings. The van der Waals surface area contributed by atoms with E-state index in [4.69, 9.17) is 4.74 Å². The molecule has 0 radical (unpaired) electrons. The molecule has 0 fully saturated rings. The summed E-state index contributed by atoms with van der Waals surface area (Å²) in [4.78, 5) is 13.8. The molecule has 0 aromatic rings. The minimum absolute atomic E-state index is 0.262. The zero-order valence-electron chi connectivity index (χ0n) is 15.3. The van der Waals surface area contributed by atoms with Crippen LogP contribution in [0.2, 0.25) is 0 Å². The minimum atomic E-state index is -0.262. The van der Waals surface area contributed by atoms with E-state index in [0.717, 1.165) is 32.0 Å². The summed E-state index contributed by atoms with van der Waals surface area (Å²) in [6, 6.07) is 0.761. The number of hydrogen-bond donors (Lipinski definition) is 0. The van der Waals surface area contributed by atoms with E-state index in [2.05, 4.69) is 32.3 Å². The van der Waals surface area contributed by atoms with Gasteiger partial charge < -0.3 is 9.64 Å². The number of nitrogens with zero attached hydrogens (tertiary/aromatic N) is 1. The van der Waals surface area contributed by atoms with Crippen LogP contribution in [-0.2, 0) is 9.53 Å². The topological polar surface area (TPSA) is 29.5 Å². The van der Waals surface area contributed by atoms with Crippen molar-refractivity contribution in [3.05, 3.63) is 12.2 Å². The lowest BCUT2D eigenvalue weighted by molar-refractivity contribution is -0.139. The van der Waals surface area contributed by atoms with Gasteiger partial charge in [0.2, 0.25) is 0 Å². The van der Waals surface area contributed by atoms with Gasteiger partial charge in [0, 0.05) is 11.6 Å². The van der Waals surface area contributed by atoms with E-state index >= 15 is 0 Å². The van der Waals surface area contributed by atoms with Crippen LogP contribution >= 0.6 is 0 Å². The Bertz CT molecular complexity index is 298. The normalized spacial score (nSPS) is 12.4. The van der Waals surface area contributed by atoms with Crippen LogP contribution in [0.25, 0.3) is 0 Å². The summed E-state index contributed by atoms with van der Waals surface area (Å²) in [5.74, 6) is -0.262. The molecule has 22 heavy (non-hydrogen) atoms. The number of ether oxygens (including phenoxy) is 1. The minimum Gasteiger partial charge on any atom is -0.462 e. The van der Waals surface area contributed by atoms with Crippen molar-refractivity contribution in [1.82, 2.24) is 4.90 Å². The van der Waals surface area contributed by atoms with E-state index in [0.29, 0.717) is 12.2 Å². The molecule has 0 bridgehead atoms. The van der Waals surface area contributed by atoms with E-state index in [1.807, 2.05) is 0 Å². The maximum absolute atomic E-state index is 11.2. The predicted octanol–water partition coefficient (Wildman–Crippen LogP) is 4.96. The van der Waals surface area contributed by atoms with Gasteiger partial charge in [-0.15, -0.1) is 0 Å². The molecule has 1 unspecified atom stereocenters. The van der Waals surface area contributed by atoms with E-state index in [-0.39, 0.29) is 5.97 Å². The quantitative estimate of drug-likeness (QED) is 0.258.